The zero-order valence-electron chi connectivity index (χ0n) is 17.8. The standard InChI is InChI=1S/C23H32N4O2/c1-16-5-4-6-21(18(16)3)27-11-9-26(10-12-27)8-7-19-14-20(15-19)24-23(28)22-13-17(2)25-29-22/h4-6,13,19-20H,7-12,14-15H2,1-3H3,(H,24,28)/t19-,20-. The molecule has 2 aromatic rings. The van der Waals surface area contributed by atoms with Crippen LogP contribution in [0.25, 0.3) is 0 Å². The Morgan fingerprint density at radius 3 is 2.62 bits per heavy atom. The summed E-state index contributed by atoms with van der Waals surface area (Å²) in [6.07, 6.45) is 3.36. The van der Waals surface area contributed by atoms with Crippen LogP contribution in [0.5, 0.6) is 0 Å². The molecule has 6 heteroatoms. The average molecular weight is 397 g/mol. The molecule has 0 spiro atoms. The fourth-order valence-electron chi connectivity index (χ4n) is 4.47. The third kappa shape index (κ3) is 4.64. The number of nitrogens with one attached hydrogen (secondary N) is 1. The Bertz CT molecular complexity index is 848. The van der Waals surface area contributed by atoms with E-state index >= 15 is 0 Å². The first-order valence-corrected chi connectivity index (χ1v) is 10.8. The number of anilines is 1. The first-order valence-electron chi connectivity index (χ1n) is 10.8. The molecule has 1 amide bonds. The molecule has 4 rings (SSSR count). The van der Waals surface area contributed by atoms with E-state index < -0.39 is 0 Å². The summed E-state index contributed by atoms with van der Waals surface area (Å²) in [7, 11) is 0. The van der Waals surface area contributed by atoms with Gasteiger partial charge in [0.15, 0.2) is 0 Å². The van der Waals surface area contributed by atoms with E-state index in [4.69, 9.17) is 4.52 Å². The fraction of sp³-hybridized carbons (Fsp3) is 0.565. The lowest BCUT2D eigenvalue weighted by molar-refractivity contribution is 0.0840. The van der Waals surface area contributed by atoms with Crippen molar-refractivity contribution < 1.29 is 9.32 Å². The Morgan fingerprint density at radius 1 is 1.17 bits per heavy atom. The highest BCUT2D eigenvalue weighted by atomic mass is 16.5. The van der Waals surface area contributed by atoms with Crippen molar-refractivity contribution in [2.24, 2.45) is 5.92 Å². The summed E-state index contributed by atoms with van der Waals surface area (Å²) in [4.78, 5) is 17.2. The Labute approximate surface area is 173 Å². The Hall–Kier alpha value is -2.34. The lowest BCUT2D eigenvalue weighted by atomic mass is 9.78. The second-order valence-corrected chi connectivity index (χ2v) is 8.68. The SMILES string of the molecule is Cc1cc(C(=O)N[C@H]2C[C@H](CCN3CCN(c4cccc(C)c4C)CC3)C2)on1. The number of piperazine rings is 1. The molecule has 0 atom stereocenters. The minimum Gasteiger partial charge on any atom is -0.369 e. The number of rotatable bonds is 6. The van der Waals surface area contributed by atoms with Gasteiger partial charge in [-0.25, -0.2) is 0 Å². The molecule has 1 saturated heterocycles. The van der Waals surface area contributed by atoms with Gasteiger partial charge in [-0.15, -0.1) is 0 Å². The van der Waals surface area contributed by atoms with Gasteiger partial charge in [-0.05, 0) is 69.7 Å². The predicted octanol–water partition coefficient (Wildman–Crippen LogP) is 3.32. The Kier molecular flexibility index (Phi) is 5.90. The van der Waals surface area contributed by atoms with Crippen molar-refractivity contribution in [1.29, 1.82) is 0 Å². The third-order valence-electron chi connectivity index (χ3n) is 6.57. The lowest BCUT2D eigenvalue weighted by Gasteiger charge is -2.40. The molecule has 2 heterocycles. The molecule has 6 nitrogen and oxygen atoms in total. The van der Waals surface area contributed by atoms with Gasteiger partial charge in [0.1, 0.15) is 0 Å². The number of carbonyl (C=O) groups is 1. The normalized spacial score (nSPS) is 22.4. The second-order valence-electron chi connectivity index (χ2n) is 8.68. The molecule has 0 unspecified atom stereocenters. The molecule has 1 N–H and O–H groups in total. The number of amides is 1. The van der Waals surface area contributed by atoms with E-state index in [0.717, 1.165) is 51.3 Å². The first-order chi connectivity index (χ1) is 14.0. The summed E-state index contributed by atoms with van der Waals surface area (Å²) in [5.41, 5.74) is 4.91. The molecule has 2 fully saturated rings. The second kappa shape index (κ2) is 8.57. The number of carbonyl (C=O) groups excluding carboxylic acids is 1. The van der Waals surface area contributed by atoms with Crippen LogP contribution in [0.15, 0.2) is 28.8 Å². The van der Waals surface area contributed by atoms with Gasteiger partial charge >= 0.3 is 0 Å². The quantitative estimate of drug-likeness (QED) is 0.812. The summed E-state index contributed by atoms with van der Waals surface area (Å²) in [6, 6.07) is 8.57. The maximum absolute atomic E-state index is 12.1. The fourth-order valence-corrected chi connectivity index (χ4v) is 4.47. The molecular formula is C23H32N4O2. The van der Waals surface area contributed by atoms with Gasteiger partial charge in [-0.2, -0.15) is 0 Å². The molecular weight excluding hydrogens is 364 g/mol. The van der Waals surface area contributed by atoms with Crippen LogP contribution in [-0.2, 0) is 0 Å². The molecule has 1 aromatic carbocycles. The van der Waals surface area contributed by atoms with Crippen LogP contribution in [0.4, 0.5) is 5.69 Å². The van der Waals surface area contributed by atoms with Crippen molar-refractivity contribution in [3.63, 3.8) is 0 Å². The molecule has 1 aliphatic carbocycles. The van der Waals surface area contributed by atoms with Gasteiger partial charge in [0, 0.05) is 44.0 Å². The molecule has 1 saturated carbocycles. The van der Waals surface area contributed by atoms with Crippen LogP contribution < -0.4 is 10.2 Å². The first kappa shape index (κ1) is 20.0. The van der Waals surface area contributed by atoms with E-state index in [0.29, 0.717) is 11.7 Å². The molecule has 1 aliphatic heterocycles. The highest BCUT2D eigenvalue weighted by Gasteiger charge is 2.31. The van der Waals surface area contributed by atoms with Crippen LogP contribution in [0, 0.1) is 26.7 Å². The highest BCUT2D eigenvalue weighted by Crippen LogP contribution is 2.31. The smallest absolute Gasteiger partial charge is 0.290 e. The molecule has 1 aromatic heterocycles. The van der Waals surface area contributed by atoms with E-state index in [-0.39, 0.29) is 11.9 Å². The Morgan fingerprint density at radius 2 is 1.93 bits per heavy atom. The summed E-state index contributed by atoms with van der Waals surface area (Å²) >= 11 is 0. The van der Waals surface area contributed by atoms with Crippen LogP contribution in [0.3, 0.4) is 0 Å². The maximum atomic E-state index is 12.1. The third-order valence-corrected chi connectivity index (χ3v) is 6.57. The zero-order valence-corrected chi connectivity index (χ0v) is 17.8. The van der Waals surface area contributed by atoms with E-state index in [1.54, 1.807) is 6.07 Å². The van der Waals surface area contributed by atoms with Crippen LogP contribution in [-0.4, -0.2) is 54.7 Å². The molecule has 156 valence electrons. The van der Waals surface area contributed by atoms with Crippen molar-refractivity contribution in [1.82, 2.24) is 15.4 Å². The number of benzene rings is 1. The molecule has 0 bridgehead atoms. The van der Waals surface area contributed by atoms with Gasteiger partial charge in [0.25, 0.3) is 5.91 Å². The van der Waals surface area contributed by atoms with Crippen molar-refractivity contribution >= 4 is 11.6 Å². The van der Waals surface area contributed by atoms with Crippen molar-refractivity contribution in [3.8, 4) is 0 Å². The van der Waals surface area contributed by atoms with E-state index in [1.165, 1.54) is 23.2 Å². The highest BCUT2D eigenvalue weighted by molar-refractivity contribution is 5.91. The molecule has 2 aliphatic rings. The summed E-state index contributed by atoms with van der Waals surface area (Å²) in [6.45, 7) is 11.9. The monoisotopic (exact) mass is 396 g/mol. The predicted molar refractivity (Wildman–Crippen MR) is 114 cm³/mol. The van der Waals surface area contributed by atoms with Gasteiger partial charge in [-0.3, -0.25) is 9.69 Å². The number of aromatic nitrogens is 1. The van der Waals surface area contributed by atoms with Crippen molar-refractivity contribution in [3.05, 3.63) is 46.8 Å². The zero-order chi connectivity index (χ0) is 20.4. The van der Waals surface area contributed by atoms with Crippen molar-refractivity contribution in [2.75, 3.05) is 37.6 Å². The maximum Gasteiger partial charge on any atom is 0.290 e. The topological polar surface area (TPSA) is 61.6 Å². The van der Waals surface area contributed by atoms with Gasteiger partial charge in [0.2, 0.25) is 5.76 Å². The number of nitrogens with zero attached hydrogens (tertiary/aromatic N) is 3. The summed E-state index contributed by atoms with van der Waals surface area (Å²) in [5.74, 6) is 0.887. The van der Waals surface area contributed by atoms with E-state index in [1.807, 2.05) is 6.92 Å². The summed E-state index contributed by atoms with van der Waals surface area (Å²) in [5, 5.41) is 6.83. The van der Waals surface area contributed by atoms with E-state index in [9.17, 15) is 4.79 Å². The lowest BCUT2D eigenvalue weighted by Crippen LogP contribution is -2.48. The van der Waals surface area contributed by atoms with E-state index in [2.05, 4.69) is 52.3 Å². The summed E-state index contributed by atoms with van der Waals surface area (Å²) < 4.78 is 5.03. The minimum atomic E-state index is -0.142. The van der Waals surface area contributed by atoms with Crippen LogP contribution in [0.2, 0.25) is 0 Å². The minimum absolute atomic E-state index is 0.142. The van der Waals surface area contributed by atoms with Gasteiger partial charge in [0.05, 0.1) is 5.69 Å². The number of aryl methyl sites for hydroxylation is 2. The average Bonchev–Trinajstić information content (AvgIpc) is 3.12. The Balaban J connectivity index is 1.15. The number of hydrogen-bond donors (Lipinski definition) is 1. The largest absolute Gasteiger partial charge is 0.369 e. The van der Waals surface area contributed by atoms with Crippen LogP contribution in [0.1, 0.15) is 46.6 Å². The molecule has 0 radical (unpaired) electrons. The van der Waals surface area contributed by atoms with Crippen LogP contribution >= 0.6 is 0 Å². The van der Waals surface area contributed by atoms with Gasteiger partial charge in [-0.1, -0.05) is 17.3 Å². The van der Waals surface area contributed by atoms with Crippen molar-refractivity contribution in [2.45, 2.75) is 46.1 Å². The number of hydrogen-bond acceptors (Lipinski definition) is 5. The van der Waals surface area contributed by atoms with Gasteiger partial charge < -0.3 is 14.7 Å². The molecule has 29 heavy (non-hydrogen) atoms.